The van der Waals surface area contributed by atoms with Crippen molar-refractivity contribution in [3.05, 3.63) is 35.9 Å². The van der Waals surface area contributed by atoms with Crippen molar-refractivity contribution in [3.8, 4) is 6.07 Å². The predicted octanol–water partition coefficient (Wildman–Crippen LogP) is 2.07. The summed E-state index contributed by atoms with van der Waals surface area (Å²) in [6.07, 6.45) is 0. The number of rotatable bonds is 3. The van der Waals surface area contributed by atoms with E-state index in [1.165, 1.54) is 0 Å². The summed E-state index contributed by atoms with van der Waals surface area (Å²) in [7, 11) is 0. The van der Waals surface area contributed by atoms with E-state index in [-0.39, 0.29) is 5.71 Å². The van der Waals surface area contributed by atoms with Crippen LogP contribution in [0.15, 0.2) is 35.5 Å². The van der Waals surface area contributed by atoms with Crippen LogP contribution >= 0.6 is 0 Å². The van der Waals surface area contributed by atoms with Crippen LogP contribution in [0.4, 0.5) is 0 Å². The van der Waals surface area contributed by atoms with Gasteiger partial charge in [-0.1, -0.05) is 56.3 Å². The molecule has 98 valence electrons. The van der Waals surface area contributed by atoms with Crippen LogP contribution in [0.3, 0.4) is 0 Å². The Morgan fingerprint density at radius 2 is 1.79 bits per heavy atom. The third-order valence-electron chi connectivity index (χ3n) is 2.24. The van der Waals surface area contributed by atoms with Gasteiger partial charge < -0.3 is 4.84 Å². The molecule has 0 N–H and O–H groups in total. The molecule has 1 aromatic carbocycles. The van der Waals surface area contributed by atoms with Crippen molar-refractivity contribution in [3.63, 3.8) is 0 Å². The molecule has 5 nitrogen and oxygen atoms in total. The maximum absolute atomic E-state index is 11.6. The SMILES string of the molecule is CC(C)(C)C(=O)C(=O)O/N=C(/C#N)c1ccccc1. The normalized spacial score (nSPS) is 11.6. The molecule has 0 saturated carbocycles. The molecule has 0 atom stereocenters. The molecule has 0 aliphatic rings. The molecule has 0 aliphatic carbocycles. The number of hydrogen-bond acceptors (Lipinski definition) is 5. The summed E-state index contributed by atoms with van der Waals surface area (Å²) >= 11 is 0. The van der Waals surface area contributed by atoms with Crippen LogP contribution in [0, 0.1) is 16.7 Å². The minimum absolute atomic E-state index is 0.0596. The quantitative estimate of drug-likeness (QED) is 0.360. The number of ketones is 1. The van der Waals surface area contributed by atoms with E-state index in [4.69, 9.17) is 5.26 Å². The molecule has 0 bridgehead atoms. The first kappa shape index (κ1) is 14.6. The molecule has 1 aromatic rings. The standard InChI is InChI=1S/C14H14N2O3/c1-14(2,3)12(17)13(18)19-16-11(9-15)10-7-5-4-6-8-10/h4-8H,1-3H3/b16-11-. The number of carbonyl (C=O) groups excluding carboxylic acids is 2. The number of nitriles is 1. The highest BCUT2D eigenvalue weighted by Gasteiger charge is 2.30. The van der Waals surface area contributed by atoms with Gasteiger partial charge in [0.1, 0.15) is 6.07 Å². The average molecular weight is 258 g/mol. The number of carbonyl (C=O) groups is 2. The predicted molar refractivity (Wildman–Crippen MR) is 69.1 cm³/mol. The summed E-state index contributed by atoms with van der Waals surface area (Å²) in [6, 6.07) is 10.4. The Hall–Kier alpha value is -2.48. The maximum atomic E-state index is 11.6. The number of Topliss-reactive ketones (excluding diaryl/α,β-unsaturated/α-hetero) is 1. The average Bonchev–Trinajstić information content (AvgIpc) is 2.38. The van der Waals surface area contributed by atoms with E-state index in [9.17, 15) is 9.59 Å². The van der Waals surface area contributed by atoms with Crippen molar-refractivity contribution in [1.29, 1.82) is 5.26 Å². The Balaban J connectivity index is 2.84. The van der Waals surface area contributed by atoms with Crippen LogP contribution in [-0.4, -0.2) is 17.5 Å². The number of nitrogens with zero attached hydrogens (tertiary/aromatic N) is 2. The van der Waals surface area contributed by atoms with Crippen molar-refractivity contribution in [2.45, 2.75) is 20.8 Å². The number of hydrogen-bond donors (Lipinski definition) is 0. The zero-order valence-corrected chi connectivity index (χ0v) is 11.0. The third-order valence-corrected chi connectivity index (χ3v) is 2.24. The molecule has 0 unspecified atom stereocenters. The summed E-state index contributed by atoms with van der Waals surface area (Å²) in [5.74, 6) is -1.77. The van der Waals surface area contributed by atoms with Gasteiger partial charge in [-0.2, -0.15) is 5.26 Å². The number of oxime groups is 1. The van der Waals surface area contributed by atoms with Crippen molar-refractivity contribution >= 4 is 17.5 Å². The Kier molecular flexibility index (Phi) is 4.54. The van der Waals surface area contributed by atoms with Crippen LogP contribution in [0.2, 0.25) is 0 Å². The van der Waals surface area contributed by atoms with Crippen LogP contribution in [-0.2, 0) is 14.4 Å². The Morgan fingerprint density at radius 1 is 1.21 bits per heavy atom. The summed E-state index contributed by atoms with van der Waals surface area (Å²) in [4.78, 5) is 27.5. The van der Waals surface area contributed by atoms with Crippen LogP contribution in [0.25, 0.3) is 0 Å². The highest BCUT2D eigenvalue weighted by molar-refractivity contribution is 6.35. The first-order valence-electron chi connectivity index (χ1n) is 5.65. The Morgan fingerprint density at radius 3 is 2.26 bits per heavy atom. The zero-order chi connectivity index (χ0) is 14.5. The van der Waals surface area contributed by atoms with Crippen molar-refractivity contribution in [1.82, 2.24) is 0 Å². The topological polar surface area (TPSA) is 79.5 Å². The summed E-state index contributed by atoms with van der Waals surface area (Å²) in [5.41, 5.74) is -0.386. The summed E-state index contributed by atoms with van der Waals surface area (Å²) in [6.45, 7) is 4.80. The molecular weight excluding hydrogens is 244 g/mol. The van der Waals surface area contributed by atoms with E-state index in [0.29, 0.717) is 5.56 Å². The largest absolute Gasteiger partial charge is 0.401 e. The van der Waals surface area contributed by atoms with Crippen molar-refractivity contribution in [2.75, 3.05) is 0 Å². The minimum Gasteiger partial charge on any atom is -0.308 e. The molecule has 5 heteroatoms. The van der Waals surface area contributed by atoms with Gasteiger partial charge in [0.05, 0.1) is 0 Å². The van der Waals surface area contributed by atoms with Gasteiger partial charge in [0, 0.05) is 11.0 Å². The van der Waals surface area contributed by atoms with E-state index in [0.717, 1.165) is 0 Å². The van der Waals surface area contributed by atoms with Gasteiger partial charge in [-0.3, -0.25) is 4.79 Å². The Labute approximate surface area is 111 Å². The monoisotopic (exact) mass is 258 g/mol. The second-order valence-electron chi connectivity index (χ2n) is 4.88. The van der Waals surface area contributed by atoms with Gasteiger partial charge in [0.15, 0.2) is 5.71 Å². The first-order valence-corrected chi connectivity index (χ1v) is 5.65. The van der Waals surface area contributed by atoms with Crippen LogP contribution in [0.5, 0.6) is 0 Å². The van der Waals surface area contributed by atoms with Crippen molar-refractivity contribution < 1.29 is 14.4 Å². The smallest absolute Gasteiger partial charge is 0.308 e. The second-order valence-corrected chi connectivity index (χ2v) is 4.88. The fourth-order valence-corrected chi connectivity index (χ4v) is 1.17. The highest BCUT2D eigenvalue weighted by atomic mass is 16.7. The molecule has 0 spiro atoms. The fourth-order valence-electron chi connectivity index (χ4n) is 1.17. The molecule has 0 fully saturated rings. The molecule has 0 amide bonds. The molecule has 0 aromatic heterocycles. The van der Waals surface area contributed by atoms with E-state index in [1.807, 2.05) is 6.07 Å². The molecule has 0 aliphatic heterocycles. The lowest BCUT2D eigenvalue weighted by Crippen LogP contribution is -2.29. The molecule has 1 rings (SSSR count). The summed E-state index contributed by atoms with van der Waals surface area (Å²) in [5, 5.41) is 12.4. The molecule has 0 radical (unpaired) electrons. The minimum atomic E-state index is -1.07. The molecule has 19 heavy (non-hydrogen) atoms. The van der Waals surface area contributed by atoms with Gasteiger partial charge in [0.25, 0.3) is 0 Å². The molecule has 0 heterocycles. The number of benzene rings is 1. The lowest BCUT2D eigenvalue weighted by Gasteiger charge is -2.13. The summed E-state index contributed by atoms with van der Waals surface area (Å²) < 4.78 is 0. The lowest BCUT2D eigenvalue weighted by molar-refractivity contribution is -0.157. The highest BCUT2D eigenvalue weighted by Crippen LogP contribution is 2.15. The van der Waals surface area contributed by atoms with Gasteiger partial charge in [-0.25, -0.2) is 4.79 Å². The first-order chi connectivity index (χ1) is 8.86. The van der Waals surface area contributed by atoms with Gasteiger partial charge in [-0.05, 0) is 0 Å². The second kappa shape index (κ2) is 5.91. The zero-order valence-electron chi connectivity index (χ0n) is 11.0. The van der Waals surface area contributed by atoms with E-state index >= 15 is 0 Å². The Bertz CT molecular complexity index is 548. The van der Waals surface area contributed by atoms with Crippen molar-refractivity contribution in [2.24, 2.45) is 10.6 Å². The third kappa shape index (κ3) is 4.03. The van der Waals surface area contributed by atoms with E-state index < -0.39 is 17.2 Å². The molecule has 0 saturated heterocycles. The van der Waals surface area contributed by atoms with Gasteiger partial charge in [0.2, 0.25) is 5.78 Å². The fraction of sp³-hybridized carbons (Fsp3) is 0.286. The maximum Gasteiger partial charge on any atom is 0.401 e. The molecular formula is C14H14N2O3. The van der Waals surface area contributed by atoms with Gasteiger partial charge in [-0.15, -0.1) is 0 Å². The lowest BCUT2D eigenvalue weighted by atomic mass is 9.91. The van der Waals surface area contributed by atoms with E-state index in [2.05, 4.69) is 9.99 Å². The van der Waals surface area contributed by atoms with Crippen LogP contribution < -0.4 is 0 Å². The van der Waals surface area contributed by atoms with Crippen LogP contribution in [0.1, 0.15) is 26.3 Å². The van der Waals surface area contributed by atoms with Gasteiger partial charge >= 0.3 is 5.97 Å². The van der Waals surface area contributed by atoms with E-state index in [1.54, 1.807) is 51.1 Å².